The number of benzene rings is 2. The first-order valence-corrected chi connectivity index (χ1v) is 9.66. The SMILES string of the molecule is C[C@@H](Nc1cccc(OC[C@H]2CCCO2)c1)C(=O)Nc1ccc([N+](=O)[O-])cc1Cl. The molecule has 0 saturated carbocycles. The number of rotatable bonds is 8. The van der Waals surface area contributed by atoms with E-state index >= 15 is 0 Å². The predicted molar refractivity (Wildman–Crippen MR) is 111 cm³/mol. The number of nitro groups is 1. The number of carbonyl (C=O) groups is 1. The number of nitrogens with one attached hydrogen (secondary N) is 2. The van der Waals surface area contributed by atoms with Crippen molar-refractivity contribution in [3.63, 3.8) is 0 Å². The highest BCUT2D eigenvalue weighted by atomic mass is 35.5. The Morgan fingerprint density at radius 1 is 1.38 bits per heavy atom. The van der Waals surface area contributed by atoms with Gasteiger partial charge in [0.1, 0.15) is 18.4 Å². The summed E-state index contributed by atoms with van der Waals surface area (Å²) in [6, 6.07) is 10.7. The molecule has 2 aromatic rings. The van der Waals surface area contributed by atoms with Gasteiger partial charge in [-0.3, -0.25) is 14.9 Å². The average Bonchev–Trinajstić information content (AvgIpc) is 3.21. The van der Waals surface area contributed by atoms with Gasteiger partial charge in [0.15, 0.2) is 0 Å². The van der Waals surface area contributed by atoms with Crippen LogP contribution in [0.3, 0.4) is 0 Å². The van der Waals surface area contributed by atoms with Gasteiger partial charge in [-0.2, -0.15) is 0 Å². The van der Waals surface area contributed by atoms with Crippen LogP contribution in [0.25, 0.3) is 0 Å². The lowest BCUT2D eigenvalue weighted by Crippen LogP contribution is -2.32. The Balaban J connectivity index is 1.56. The molecule has 1 fully saturated rings. The Kier molecular flexibility index (Phi) is 6.90. The normalized spacial score (nSPS) is 16.8. The molecule has 0 radical (unpaired) electrons. The van der Waals surface area contributed by atoms with E-state index < -0.39 is 11.0 Å². The molecule has 1 aliphatic heterocycles. The predicted octanol–water partition coefficient (Wildman–Crippen LogP) is 4.25. The van der Waals surface area contributed by atoms with E-state index in [2.05, 4.69) is 10.6 Å². The van der Waals surface area contributed by atoms with Crippen molar-refractivity contribution in [2.75, 3.05) is 23.8 Å². The van der Waals surface area contributed by atoms with Crippen LogP contribution in [-0.4, -0.2) is 36.2 Å². The van der Waals surface area contributed by atoms with Crippen LogP contribution in [-0.2, 0) is 9.53 Å². The Labute approximate surface area is 173 Å². The number of ether oxygens (including phenoxy) is 2. The maximum absolute atomic E-state index is 12.5. The van der Waals surface area contributed by atoms with E-state index in [4.69, 9.17) is 21.1 Å². The molecule has 1 amide bonds. The zero-order valence-electron chi connectivity index (χ0n) is 15.9. The highest BCUT2D eigenvalue weighted by molar-refractivity contribution is 6.34. The fraction of sp³-hybridized carbons (Fsp3) is 0.350. The molecule has 154 valence electrons. The molecule has 2 N–H and O–H groups in total. The number of hydrogen-bond donors (Lipinski definition) is 2. The summed E-state index contributed by atoms with van der Waals surface area (Å²) in [6.45, 7) is 2.98. The number of halogens is 1. The van der Waals surface area contributed by atoms with Crippen molar-refractivity contribution < 1.29 is 19.2 Å². The zero-order valence-corrected chi connectivity index (χ0v) is 16.6. The van der Waals surface area contributed by atoms with Gasteiger partial charge in [-0.15, -0.1) is 0 Å². The molecule has 2 atom stereocenters. The lowest BCUT2D eigenvalue weighted by Gasteiger charge is -2.17. The van der Waals surface area contributed by atoms with Crippen LogP contribution in [0.4, 0.5) is 17.1 Å². The van der Waals surface area contributed by atoms with Crippen molar-refractivity contribution in [3.05, 3.63) is 57.6 Å². The Morgan fingerprint density at radius 3 is 2.90 bits per heavy atom. The second-order valence-electron chi connectivity index (χ2n) is 6.75. The molecule has 3 rings (SSSR count). The fourth-order valence-electron chi connectivity index (χ4n) is 2.92. The number of amides is 1. The van der Waals surface area contributed by atoms with Crippen LogP contribution in [0.5, 0.6) is 5.75 Å². The Hall–Kier alpha value is -2.84. The van der Waals surface area contributed by atoms with E-state index in [1.807, 2.05) is 24.3 Å². The van der Waals surface area contributed by atoms with E-state index in [0.29, 0.717) is 18.0 Å². The van der Waals surface area contributed by atoms with E-state index in [-0.39, 0.29) is 22.7 Å². The molecule has 8 nitrogen and oxygen atoms in total. The summed E-state index contributed by atoms with van der Waals surface area (Å²) < 4.78 is 11.3. The van der Waals surface area contributed by atoms with Gasteiger partial charge in [-0.25, -0.2) is 0 Å². The van der Waals surface area contributed by atoms with Crippen LogP contribution in [0.1, 0.15) is 19.8 Å². The van der Waals surface area contributed by atoms with Gasteiger partial charge >= 0.3 is 0 Å². The third kappa shape index (κ3) is 5.82. The van der Waals surface area contributed by atoms with Crippen LogP contribution < -0.4 is 15.4 Å². The number of nitro benzene ring substituents is 1. The standard InChI is InChI=1S/C20H22ClN3O5/c1-13(20(25)23-19-8-7-15(24(26)27)11-18(19)21)22-14-4-2-5-16(10-14)29-12-17-6-3-9-28-17/h2,4-5,7-8,10-11,13,17,22H,3,6,9,12H2,1H3,(H,23,25)/t13-,17-/m1/s1. The molecule has 2 aromatic carbocycles. The minimum atomic E-state index is -0.574. The van der Waals surface area contributed by atoms with Gasteiger partial charge in [0.2, 0.25) is 5.91 Å². The first kappa shape index (κ1) is 20.9. The van der Waals surface area contributed by atoms with Gasteiger partial charge in [0.25, 0.3) is 5.69 Å². The van der Waals surface area contributed by atoms with Crippen molar-refractivity contribution in [1.29, 1.82) is 0 Å². The van der Waals surface area contributed by atoms with Crippen molar-refractivity contribution >= 4 is 34.6 Å². The van der Waals surface area contributed by atoms with Gasteiger partial charge in [0.05, 0.1) is 21.7 Å². The lowest BCUT2D eigenvalue weighted by molar-refractivity contribution is -0.384. The van der Waals surface area contributed by atoms with Crippen molar-refractivity contribution in [2.45, 2.75) is 31.9 Å². The molecule has 1 heterocycles. The van der Waals surface area contributed by atoms with Crippen molar-refractivity contribution in [2.24, 2.45) is 0 Å². The summed E-state index contributed by atoms with van der Waals surface area (Å²) in [6.07, 6.45) is 2.18. The monoisotopic (exact) mass is 419 g/mol. The summed E-state index contributed by atoms with van der Waals surface area (Å²) >= 11 is 6.03. The summed E-state index contributed by atoms with van der Waals surface area (Å²) in [5.74, 6) is 0.364. The number of non-ortho nitro benzene ring substituents is 1. The van der Waals surface area contributed by atoms with E-state index in [9.17, 15) is 14.9 Å². The van der Waals surface area contributed by atoms with Crippen LogP contribution in [0, 0.1) is 10.1 Å². The third-order valence-electron chi connectivity index (χ3n) is 4.49. The van der Waals surface area contributed by atoms with Gasteiger partial charge in [0, 0.05) is 30.5 Å². The fourth-order valence-corrected chi connectivity index (χ4v) is 3.14. The summed E-state index contributed by atoms with van der Waals surface area (Å²) in [7, 11) is 0. The van der Waals surface area contributed by atoms with Crippen molar-refractivity contribution in [1.82, 2.24) is 0 Å². The third-order valence-corrected chi connectivity index (χ3v) is 4.80. The summed E-state index contributed by atoms with van der Waals surface area (Å²) in [5.41, 5.74) is 0.899. The highest BCUT2D eigenvalue weighted by Crippen LogP contribution is 2.27. The quantitative estimate of drug-likeness (QED) is 0.490. The molecule has 9 heteroatoms. The molecule has 29 heavy (non-hydrogen) atoms. The van der Waals surface area contributed by atoms with Gasteiger partial charge in [-0.05, 0) is 38.0 Å². The van der Waals surface area contributed by atoms with E-state index in [1.54, 1.807) is 6.92 Å². The number of nitrogens with zero attached hydrogens (tertiary/aromatic N) is 1. The Bertz CT molecular complexity index is 886. The molecule has 0 aromatic heterocycles. The molecule has 0 unspecified atom stereocenters. The molecule has 1 aliphatic rings. The van der Waals surface area contributed by atoms with E-state index in [1.165, 1.54) is 18.2 Å². The maximum Gasteiger partial charge on any atom is 0.271 e. The highest BCUT2D eigenvalue weighted by Gasteiger charge is 2.18. The minimum Gasteiger partial charge on any atom is -0.491 e. The first-order valence-electron chi connectivity index (χ1n) is 9.28. The summed E-state index contributed by atoms with van der Waals surface area (Å²) in [4.78, 5) is 22.7. The number of carbonyl (C=O) groups excluding carboxylic acids is 1. The lowest BCUT2D eigenvalue weighted by atomic mass is 10.2. The van der Waals surface area contributed by atoms with E-state index in [0.717, 1.165) is 25.1 Å². The molecular formula is C20H22ClN3O5. The molecule has 0 spiro atoms. The van der Waals surface area contributed by atoms with Crippen molar-refractivity contribution in [3.8, 4) is 5.75 Å². The Morgan fingerprint density at radius 2 is 2.21 bits per heavy atom. The first-order chi connectivity index (χ1) is 13.9. The summed E-state index contributed by atoms with van der Waals surface area (Å²) in [5, 5.41) is 16.7. The van der Waals surface area contributed by atoms with Crippen LogP contribution in [0.15, 0.2) is 42.5 Å². The smallest absolute Gasteiger partial charge is 0.271 e. The van der Waals surface area contributed by atoms with Gasteiger partial charge < -0.3 is 20.1 Å². The molecular weight excluding hydrogens is 398 g/mol. The number of anilines is 2. The molecule has 0 aliphatic carbocycles. The van der Waals surface area contributed by atoms with Gasteiger partial charge in [-0.1, -0.05) is 17.7 Å². The second kappa shape index (κ2) is 9.58. The maximum atomic E-state index is 12.5. The largest absolute Gasteiger partial charge is 0.491 e. The molecule has 1 saturated heterocycles. The van der Waals surface area contributed by atoms with Crippen LogP contribution >= 0.6 is 11.6 Å². The number of hydrogen-bond acceptors (Lipinski definition) is 6. The zero-order chi connectivity index (χ0) is 20.8. The average molecular weight is 420 g/mol. The second-order valence-corrected chi connectivity index (χ2v) is 7.16. The molecule has 0 bridgehead atoms. The topological polar surface area (TPSA) is 103 Å². The minimum absolute atomic E-state index is 0.101. The van der Waals surface area contributed by atoms with Crippen LogP contribution in [0.2, 0.25) is 5.02 Å².